The predicted molar refractivity (Wildman–Crippen MR) is 92.2 cm³/mol. The number of nitrogens with one attached hydrogen (secondary N) is 1. The molecule has 1 fully saturated rings. The van der Waals surface area contributed by atoms with Crippen LogP contribution in [0.25, 0.3) is 16.3 Å². The highest BCUT2D eigenvalue weighted by Gasteiger charge is 2.36. The van der Waals surface area contributed by atoms with Gasteiger partial charge in [-0.1, -0.05) is 6.58 Å². The fraction of sp³-hybridized carbons (Fsp3) is 0.471. The van der Waals surface area contributed by atoms with E-state index >= 15 is 0 Å². The molecule has 8 heteroatoms. The van der Waals surface area contributed by atoms with Crippen LogP contribution in [0.2, 0.25) is 0 Å². The molecule has 3 rings (SSSR count). The van der Waals surface area contributed by atoms with E-state index in [2.05, 4.69) is 17.0 Å². The number of ether oxygens (including phenoxy) is 1. The molecule has 0 aliphatic carbocycles. The average molecular weight is 371 g/mol. The molecule has 0 unspecified atom stereocenters. The largest absolute Gasteiger partial charge is 0.433 e. The first-order valence-electron chi connectivity index (χ1n) is 8.09. The molecule has 136 valence electrons. The van der Waals surface area contributed by atoms with Crippen LogP contribution in [-0.4, -0.2) is 29.0 Å². The summed E-state index contributed by atoms with van der Waals surface area (Å²) >= 11 is 1.44. The minimum Gasteiger partial charge on any atom is -0.377 e. The Labute approximate surface area is 148 Å². The molecule has 1 aliphatic rings. The van der Waals surface area contributed by atoms with Crippen LogP contribution in [0.15, 0.2) is 24.8 Å². The Balaban J connectivity index is 1.70. The van der Waals surface area contributed by atoms with Gasteiger partial charge in [-0.05, 0) is 38.0 Å². The molecular formula is C17H20F3N3OS. The van der Waals surface area contributed by atoms with Crippen molar-refractivity contribution < 1.29 is 17.9 Å². The third-order valence-corrected chi connectivity index (χ3v) is 5.08. The van der Waals surface area contributed by atoms with Gasteiger partial charge in [0, 0.05) is 30.3 Å². The van der Waals surface area contributed by atoms with Crippen molar-refractivity contribution in [1.29, 1.82) is 0 Å². The van der Waals surface area contributed by atoms with Crippen LogP contribution in [0, 0.1) is 0 Å². The lowest BCUT2D eigenvalue weighted by Crippen LogP contribution is -2.25. The molecule has 25 heavy (non-hydrogen) atoms. The van der Waals surface area contributed by atoms with E-state index in [1.54, 1.807) is 6.07 Å². The van der Waals surface area contributed by atoms with Crippen LogP contribution in [0.3, 0.4) is 0 Å². The number of hydrogen-bond donors (Lipinski definition) is 1. The number of aromatic nitrogens is 2. The maximum absolute atomic E-state index is 13.1. The number of alkyl halides is 3. The second kappa shape index (κ2) is 7.31. The highest BCUT2D eigenvalue weighted by atomic mass is 32.1. The molecule has 0 radical (unpaired) electrons. The Morgan fingerprint density at radius 3 is 2.88 bits per heavy atom. The molecule has 3 heterocycles. The first kappa shape index (κ1) is 18.2. The molecule has 2 aromatic rings. The van der Waals surface area contributed by atoms with Crippen molar-refractivity contribution in [3.8, 4) is 10.6 Å². The molecule has 0 aromatic carbocycles. The van der Waals surface area contributed by atoms with Gasteiger partial charge in [0.2, 0.25) is 0 Å². The summed E-state index contributed by atoms with van der Waals surface area (Å²) in [7, 11) is 0. The molecule has 0 saturated carbocycles. The van der Waals surface area contributed by atoms with E-state index in [0.29, 0.717) is 17.1 Å². The minimum absolute atomic E-state index is 0.230. The highest BCUT2D eigenvalue weighted by Crippen LogP contribution is 2.35. The zero-order valence-electron chi connectivity index (χ0n) is 13.9. The highest BCUT2D eigenvalue weighted by molar-refractivity contribution is 7.15. The second-order valence-electron chi connectivity index (χ2n) is 6.09. The van der Waals surface area contributed by atoms with Crippen LogP contribution in [-0.2, 0) is 17.5 Å². The van der Waals surface area contributed by atoms with Crippen molar-refractivity contribution in [2.45, 2.75) is 38.6 Å². The van der Waals surface area contributed by atoms with Crippen LogP contribution in [0.5, 0.6) is 0 Å². The lowest BCUT2D eigenvalue weighted by atomic mass is 10.2. The van der Waals surface area contributed by atoms with E-state index in [1.165, 1.54) is 18.3 Å². The fourth-order valence-electron chi connectivity index (χ4n) is 2.77. The zero-order valence-corrected chi connectivity index (χ0v) is 14.7. The van der Waals surface area contributed by atoms with Gasteiger partial charge in [-0.3, -0.25) is 0 Å². The third kappa shape index (κ3) is 4.31. The second-order valence-corrected chi connectivity index (χ2v) is 7.26. The SMILES string of the molecule is C=C(C)n1nc(-c2ccc(CNC[C@H]3CCCO3)s2)cc1C(F)(F)F. The standard InChI is InChI=1S/C17H20F3N3OS/c1-11(2)23-16(17(18,19)20)8-14(22-23)15-6-5-13(25-15)10-21-9-12-4-3-7-24-12/h5-6,8,12,21H,1,3-4,7,9-10H2,2H3/t12-/m1/s1. The maximum Gasteiger partial charge on any atom is 0.433 e. The summed E-state index contributed by atoms with van der Waals surface area (Å²) in [5.41, 5.74) is -0.263. The van der Waals surface area contributed by atoms with Gasteiger partial charge in [-0.15, -0.1) is 11.3 Å². The number of halogens is 3. The lowest BCUT2D eigenvalue weighted by molar-refractivity contribution is -0.142. The summed E-state index contributed by atoms with van der Waals surface area (Å²) in [5.74, 6) is 0. The fourth-order valence-corrected chi connectivity index (χ4v) is 3.70. The topological polar surface area (TPSA) is 39.1 Å². The van der Waals surface area contributed by atoms with Gasteiger partial charge in [0.05, 0.1) is 11.0 Å². The molecule has 0 amide bonds. The molecule has 0 bridgehead atoms. The zero-order chi connectivity index (χ0) is 18.0. The molecule has 1 saturated heterocycles. The van der Waals surface area contributed by atoms with Crippen LogP contribution < -0.4 is 5.32 Å². The van der Waals surface area contributed by atoms with Crippen molar-refractivity contribution in [1.82, 2.24) is 15.1 Å². The number of hydrogen-bond acceptors (Lipinski definition) is 4. The summed E-state index contributed by atoms with van der Waals surface area (Å²) in [4.78, 5) is 1.76. The third-order valence-electron chi connectivity index (χ3n) is 3.97. The molecule has 1 aliphatic heterocycles. The van der Waals surface area contributed by atoms with Gasteiger partial charge in [-0.2, -0.15) is 18.3 Å². The van der Waals surface area contributed by atoms with Gasteiger partial charge in [0.25, 0.3) is 0 Å². The average Bonchev–Trinajstić information content (AvgIpc) is 3.26. The van der Waals surface area contributed by atoms with Crippen LogP contribution in [0.4, 0.5) is 13.2 Å². The van der Waals surface area contributed by atoms with Crippen molar-refractivity contribution in [2.24, 2.45) is 0 Å². The van der Waals surface area contributed by atoms with Crippen LogP contribution >= 0.6 is 11.3 Å². The summed E-state index contributed by atoms with van der Waals surface area (Å²) in [5, 5.41) is 7.40. The molecule has 4 nitrogen and oxygen atoms in total. The van der Waals surface area contributed by atoms with E-state index in [4.69, 9.17) is 4.74 Å². The van der Waals surface area contributed by atoms with Gasteiger partial charge < -0.3 is 10.1 Å². The Morgan fingerprint density at radius 2 is 2.28 bits per heavy atom. The van der Waals surface area contributed by atoms with Gasteiger partial charge >= 0.3 is 6.18 Å². The molecule has 1 N–H and O–H groups in total. The number of allylic oxidation sites excluding steroid dienone is 1. The Kier molecular flexibility index (Phi) is 5.31. The number of thiophene rings is 1. The molecule has 1 atom stereocenters. The Morgan fingerprint density at radius 1 is 1.48 bits per heavy atom. The summed E-state index contributed by atoms with van der Waals surface area (Å²) < 4.78 is 45.8. The summed E-state index contributed by atoms with van der Waals surface area (Å²) in [6, 6.07) is 4.79. The van der Waals surface area contributed by atoms with Crippen molar-refractivity contribution in [2.75, 3.05) is 13.2 Å². The lowest BCUT2D eigenvalue weighted by Gasteiger charge is -2.09. The van der Waals surface area contributed by atoms with E-state index < -0.39 is 11.9 Å². The van der Waals surface area contributed by atoms with Crippen molar-refractivity contribution in [3.63, 3.8) is 0 Å². The van der Waals surface area contributed by atoms with E-state index in [1.807, 2.05) is 6.07 Å². The van der Waals surface area contributed by atoms with E-state index in [0.717, 1.165) is 41.6 Å². The summed E-state index contributed by atoms with van der Waals surface area (Å²) in [6.07, 6.45) is -2.03. The minimum atomic E-state index is -4.47. The normalized spacial score (nSPS) is 18.0. The smallest absolute Gasteiger partial charge is 0.377 e. The number of rotatable bonds is 6. The monoisotopic (exact) mass is 371 g/mol. The van der Waals surface area contributed by atoms with Crippen molar-refractivity contribution in [3.05, 3.63) is 35.3 Å². The maximum atomic E-state index is 13.1. The van der Waals surface area contributed by atoms with E-state index in [9.17, 15) is 13.2 Å². The van der Waals surface area contributed by atoms with Gasteiger partial charge in [0.1, 0.15) is 11.4 Å². The molecule has 2 aromatic heterocycles. The first-order valence-corrected chi connectivity index (χ1v) is 8.91. The Bertz CT molecular complexity index is 745. The van der Waals surface area contributed by atoms with Crippen molar-refractivity contribution >= 4 is 17.0 Å². The quantitative estimate of drug-likeness (QED) is 0.819. The van der Waals surface area contributed by atoms with Crippen LogP contribution in [0.1, 0.15) is 30.3 Å². The number of nitrogens with zero attached hydrogens (tertiary/aromatic N) is 2. The summed E-state index contributed by atoms with van der Waals surface area (Å²) in [6.45, 7) is 7.35. The molecular weight excluding hydrogens is 351 g/mol. The first-order chi connectivity index (χ1) is 11.8. The molecule has 0 spiro atoms. The predicted octanol–water partition coefficient (Wildman–Crippen LogP) is 4.39. The van der Waals surface area contributed by atoms with Gasteiger partial charge in [-0.25, -0.2) is 4.68 Å². The van der Waals surface area contributed by atoms with Gasteiger partial charge in [0.15, 0.2) is 0 Å². The van der Waals surface area contributed by atoms with E-state index in [-0.39, 0.29) is 11.8 Å². The Hall–Kier alpha value is -1.64.